The lowest BCUT2D eigenvalue weighted by atomic mass is 9.56. The zero-order valence-corrected chi connectivity index (χ0v) is 18.7. The molecule has 32 heavy (non-hydrogen) atoms. The average Bonchev–Trinajstić information content (AvgIpc) is 3.25. The molecule has 0 saturated carbocycles. The molecule has 2 aliphatic heterocycles. The van der Waals surface area contributed by atoms with Crippen LogP contribution in [-0.2, 0) is 9.47 Å². The average molecular weight is 436 g/mol. The molecule has 168 valence electrons. The number of rotatable bonds is 4. The molecule has 1 N–H and O–H groups in total. The molecule has 6 nitrogen and oxygen atoms in total. The largest absolute Gasteiger partial charge is 0.454 e. The summed E-state index contributed by atoms with van der Waals surface area (Å²) in [5, 5.41) is 2.81. The smallest absolute Gasteiger partial charge is 0.411 e. The Labute approximate surface area is 188 Å². The summed E-state index contributed by atoms with van der Waals surface area (Å²) in [5.74, 6) is 2.24. The van der Waals surface area contributed by atoms with Gasteiger partial charge in [0.05, 0.1) is 12.7 Å². The minimum atomic E-state index is -0.439. The number of para-hydroxylation sites is 1. The number of anilines is 1. The molecule has 1 fully saturated rings. The normalized spacial score (nSPS) is 30.4. The monoisotopic (exact) mass is 435 g/mol. The Morgan fingerprint density at radius 1 is 1.12 bits per heavy atom. The van der Waals surface area contributed by atoms with E-state index in [1.807, 2.05) is 42.5 Å². The van der Waals surface area contributed by atoms with Crippen molar-refractivity contribution in [3.8, 4) is 11.5 Å². The van der Waals surface area contributed by atoms with Gasteiger partial charge in [0, 0.05) is 17.0 Å². The third-order valence-corrected chi connectivity index (χ3v) is 7.47. The third kappa shape index (κ3) is 3.52. The molecule has 1 aliphatic carbocycles. The van der Waals surface area contributed by atoms with Crippen molar-refractivity contribution in [2.75, 3.05) is 25.3 Å². The van der Waals surface area contributed by atoms with Gasteiger partial charge in [0.1, 0.15) is 6.61 Å². The van der Waals surface area contributed by atoms with Gasteiger partial charge in [0.25, 0.3) is 0 Å². The topological polar surface area (TPSA) is 66.0 Å². The van der Waals surface area contributed by atoms with Gasteiger partial charge in [-0.1, -0.05) is 49.8 Å². The van der Waals surface area contributed by atoms with Crippen LogP contribution in [-0.4, -0.2) is 26.1 Å². The van der Waals surface area contributed by atoms with Crippen LogP contribution in [0.4, 0.5) is 10.5 Å². The first kappa shape index (κ1) is 20.9. The van der Waals surface area contributed by atoms with Crippen LogP contribution in [0, 0.1) is 23.2 Å². The van der Waals surface area contributed by atoms with E-state index in [9.17, 15) is 4.79 Å². The van der Waals surface area contributed by atoms with Gasteiger partial charge in [-0.15, -0.1) is 0 Å². The van der Waals surface area contributed by atoms with Gasteiger partial charge in [-0.05, 0) is 48.6 Å². The van der Waals surface area contributed by atoms with Gasteiger partial charge >= 0.3 is 6.09 Å². The number of ether oxygens (including phenoxy) is 4. The second-order valence-corrected chi connectivity index (χ2v) is 9.16. The van der Waals surface area contributed by atoms with Crippen LogP contribution < -0.4 is 14.8 Å². The first-order chi connectivity index (χ1) is 15.5. The summed E-state index contributed by atoms with van der Waals surface area (Å²) in [6.07, 6.45) is 1.81. The van der Waals surface area contributed by atoms with Crippen LogP contribution in [0.5, 0.6) is 11.5 Å². The van der Waals surface area contributed by atoms with Gasteiger partial charge in [-0.2, -0.15) is 0 Å². The molecule has 3 aliphatic rings. The molecular weight excluding hydrogens is 406 g/mol. The van der Waals surface area contributed by atoms with E-state index in [0.29, 0.717) is 13.2 Å². The summed E-state index contributed by atoms with van der Waals surface area (Å²) in [4.78, 5) is 12.5. The maximum absolute atomic E-state index is 12.5. The highest BCUT2D eigenvalue weighted by Crippen LogP contribution is 2.56. The quantitative estimate of drug-likeness (QED) is 0.636. The lowest BCUT2D eigenvalue weighted by Crippen LogP contribution is -2.54. The summed E-state index contributed by atoms with van der Waals surface area (Å²) in [6, 6.07) is 15.4. The molecule has 0 radical (unpaired) electrons. The molecule has 1 amide bonds. The van der Waals surface area contributed by atoms with Crippen molar-refractivity contribution in [1.82, 2.24) is 0 Å². The Morgan fingerprint density at radius 3 is 2.72 bits per heavy atom. The standard InChI is InChI=1S/C26H29NO5/c1-16-11-17(2)26(14-30-25(28)27-20-7-5-4-6-8-20)13-29-24(23(16)18(26)3)19-9-10-21-22(12-19)32-15-31-21/h4-12,17-18,23-24H,13-15H2,1-3H3,(H,27,28)/t17-,18-,23+,24-,26-/m0/s1. The molecule has 0 spiro atoms. The van der Waals surface area contributed by atoms with Crippen molar-refractivity contribution in [2.45, 2.75) is 26.9 Å². The van der Waals surface area contributed by atoms with Crippen molar-refractivity contribution in [3.05, 3.63) is 65.7 Å². The Hall–Kier alpha value is -2.99. The Morgan fingerprint density at radius 2 is 1.91 bits per heavy atom. The highest BCUT2D eigenvalue weighted by molar-refractivity contribution is 5.84. The predicted octanol–water partition coefficient (Wildman–Crippen LogP) is 5.57. The van der Waals surface area contributed by atoms with Crippen LogP contribution >= 0.6 is 0 Å². The zero-order valence-electron chi connectivity index (χ0n) is 18.7. The lowest BCUT2D eigenvalue weighted by molar-refractivity contribution is -0.165. The number of carbonyl (C=O) groups is 1. The SMILES string of the molecule is CC1=C[C@H](C)[C@@]2(COC(=O)Nc3ccccc3)CO[C@@H](c3ccc4c(c3)OCO4)[C@H]1[C@@H]2C. The number of amides is 1. The number of benzene rings is 2. The first-order valence-electron chi connectivity index (χ1n) is 11.2. The molecule has 2 heterocycles. The van der Waals surface area contributed by atoms with Crippen LogP contribution in [0.1, 0.15) is 32.4 Å². The molecule has 0 unspecified atom stereocenters. The van der Waals surface area contributed by atoms with E-state index >= 15 is 0 Å². The van der Waals surface area contributed by atoms with Gasteiger partial charge in [-0.25, -0.2) is 4.79 Å². The second kappa shape index (κ2) is 8.17. The molecule has 2 aromatic carbocycles. The van der Waals surface area contributed by atoms with Crippen molar-refractivity contribution < 1.29 is 23.7 Å². The van der Waals surface area contributed by atoms with Crippen molar-refractivity contribution >= 4 is 11.8 Å². The van der Waals surface area contributed by atoms with Crippen LogP contribution in [0.25, 0.3) is 0 Å². The highest BCUT2D eigenvalue weighted by Gasteiger charge is 2.54. The van der Waals surface area contributed by atoms with Crippen molar-refractivity contribution in [3.63, 3.8) is 0 Å². The summed E-state index contributed by atoms with van der Waals surface area (Å²) in [7, 11) is 0. The van der Waals surface area contributed by atoms with E-state index in [4.69, 9.17) is 18.9 Å². The zero-order chi connectivity index (χ0) is 22.3. The fraction of sp³-hybridized carbons (Fsp3) is 0.423. The number of hydrogen-bond acceptors (Lipinski definition) is 5. The molecule has 5 rings (SSSR count). The number of allylic oxidation sites excluding steroid dienone is 1. The fourth-order valence-corrected chi connectivity index (χ4v) is 5.52. The summed E-state index contributed by atoms with van der Waals surface area (Å²) in [5.41, 5.74) is 2.85. The number of fused-ring (bicyclic) bond motifs is 3. The molecule has 2 aromatic rings. The van der Waals surface area contributed by atoms with E-state index in [-0.39, 0.29) is 36.1 Å². The van der Waals surface area contributed by atoms with Gasteiger partial charge in [0.2, 0.25) is 6.79 Å². The Kier molecular flexibility index (Phi) is 5.33. The van der Waals surface area contributed by atoms with E-state index in [1.54, 1.807) is 0 Å². The summed E-state index contributed by atoms with van der Waals surface area (Å²) < 4.78 is 23.3. The molecule has 6 heteroatoms. The van der Waals surface area contributed by atoms with Crippen LogP contribution in [0.2, 0.25) is 0 Å². The summed E-state index contributed by atoms with van der Waals surface area (Å²) in [6.45, 7) is 7.72. The van der Waals surface area contributed by atoms with Gasteiger partial charge < -0.3 is 18.9 Å². The molecule has 0 aromatic heterocycles. The minimum Gasteiger partial charge on any atom is -0.454 e. The molecular formula is C26H29NO5. The van der Waals surface area contributed by atoms with E-state index in [2.05, 4.69) is 38.2 Å². The van der Waals surface area contributed by atoms with E-state index in [0.717, 1.165) is 22.7 Å². The predicted molar refractivity (Wildman–Crippen MR) is 121 cm³/mol. The fourth-order valence-electron chi connectivity index (χ4n) is 5.52. The van der Waals surface area contributed by atoms with Crippen LogP contribution in [0.3, 0.4) is 0 Å². The molecule has 2 bridgehead atoms. The number of nitrogens with one attached hydrogen (secondary N) is 1. The number of hydrogen-bond donors (Lipinski definition) is 1. The first-order valence-corrected chi connectivity index (χ1v) is 11.2. The molecule has 5 atom stereocenters. The van der Waals surface area contributed by atoms with Crippen LogP contribution in [0.15, 0.2) is 60.2 Å². The van der Waals surface area contributed by atoms with Crippen molar-refractivity contribution in [2.24, 2.45) is 23.2 Å². The Balaban J connectivity index is 1.35. The van der Waals surface area contributed by atoms with E-state index in [1.165, 1.54) is 5.57 Å². The van der Waals surface area contributed by atoms with Crippen molar-refractivity contribution in [1.29, 1.82) is 0 Å². The maximum atomic E-state index is 12.5. The summed E-state index contributed by atoms with van der Waals surface area (Å²) >= 11 is 0. The molecule has 1 saturated heterocycles. The maximum Gasteiger partial charge on any atom is 0.411 e. The lowest BCUT2D eigenvalue weighted by Gasteiger charge is -2.55. The Bertz CT molecular complexity index is 1040. The second-order valence-electron chi connectivity index (χ2n) is 9.16. The highest BCUT2D eigenvalue weighted by atomic mass is 16.7. The number of carbonyl (C=O) groups excluding carboxylic acids is 1. The van der Waals surface area contributed by atoms with E-state index < -0.39 is 6.09 Å². The minimum absolute atomic E-state index is 0.0745. The van der Waals surface area contributed by atoms with Gasteiger partial charge in [-0.3, -0.25) is 5.32 Å². The third-order valence-electron chi connectivity index (χ3n) is 7.47. The van der Waals surface area contributed by atoms with Gasteiger partial charge in [0.15, 0.2) is 11.5 Å².